The van der Waals surface area contributed by atoms with Crippen LogP contribution in [0.25, 0.3) is 0 Å². The maximum Gasteiger partial charge on any atom is 0.316 e. The number of amides is 2. The first kappa shape index (κ1) is 11.1. The van der Waals surface area contributed by atoms with E-state index in [1.165, 1.54) is 12.8 Å². The van der Waals surface area contributed by atoms with Crippen molar-refractivity contribution in [3.8, 4) is 0 Å². The van der Waals surface area contributed by atoms with Gasteiger partial charge >= 0.3 is 11.8 Å². The number of hydrogen-bond donors (Lipinski definition) is 2. The summed E-state index contributed by atoms with van der Waals surface area (Å²) in [4.78, 5) is 26.3. The van der Waals surface area contributed by atoms with Gasteiger partial charge in [0.1, 0.15) is 0 Å². The van der Waals surface area contributed by atoms with E-state index in [2.05, 4.69) is 29.5 Å². The Kier molecular flexibility index (Phi) is 2.94. The SMILES string of the molecule is CCC1CCC(N=C2NC(=O)C(=O)N2)C1C. The minimum atomic E-state index is -0.614. The van der Waals surface area contributed by atoms with Crippen LogP contribution in [0.3, 0.4) is 0 Å². The summed E-state index contributed by atoms with van der Waals surface area (Å²) in [7, 11) is 0. The molecule has 2 rings (SSSR count). The summed E-state index contributed by atoms with van der Waals surface area (Å²) in [5, 5.41) is 4.87. The molecule has 3 unspecified atom stereocenters. The minimum absolute atomic E-state index is 0.221. The van der Waals surface area contributed by atoms with E-state index in [0.717, 1.165) is 6.42 Å². The molecular formula is C11H17N3O2. The lowest BCUT2D eigenvalue weighted by atomic mass is 9.94. The molecule has 1 saturated carbocycles. The number of hydrogen-bond acceptors (Lipinski definition) is 3. The molecule has 0 bridgehead atoms. The first-order valence-electron chi connectivity index (χ1n) is 5.82. The van der Waals surface area contributed by atoms with Crippen molar-refractivity contribution in [2.24, 2.45) is 16.8 Å². The van der Waals surface area contributed by atoms with Crippen molar-refractivity contribution in [2.45, 2.75) is 39.2 Å². The molecule has 0 radical (unpaired) electrons. The lowest BCUT2D eigenvalue weighted by Gasteiger charge is -2.16. The standard InChI is InChI=1S/C11H17N3O2/c1-3-7-4-5-8(6(7)2)12-11-13-9(15)10(16)14-11/h6-8H,3-5H2,1-2H3,(H2,12,13,14,15,16). The fourth-order valence-corrected chi connectivity index (χ4v) is 2.57. The summed E-state index contributed by atoms with van der Waals surface area (Å²) in [6.45, 7) is 4.38. The van der Waals surface area contributed by atoms with E-state index in [-0.39, 0.29) is 6.04 Å². The second-order valence-corrected chi connectivity index (χ2v) is 4.56. The molecular weight excluding hydrogens is 206 g/mol. The zero-order valence-electron chi connectivity index (χ0n) is 9.62. The molecule has 3 atom stereocenters. The maximum absolute atomic E-state index is 11.0. The molecule has 2 amide bonds. The molecule has 1 aliphatic heterocycles. The Bertz CT molecular complexity index is 333. The van der Waals surface area contributed by atoms with Crippen molar-refractivity contribution in [1.82, 2.24) is 10.6 Å². The molecule has 2 aliphatic rings. The Morgan fingerprint density at radius 1 is 1.25 bits per heavy atom. The number of carbonyl (C=O) groups excluding carboxylic acids is 2. The van der Waals surface area contributed by atoms with Gasteiger partial charge in [-0.25, -0.2) is 4.99 Å². The van der Waals surface area contributed by atoms with Gasteiger partial charge in [0.15, 0.2) is 0 Å². The van der Waals surface area contributed by atoms with Gasteiger partial charge in [-0.15, -0.1) is 0 Å². The summed E-state index contributed by atoms with van der Waals surface area (Å²) in [6, 6.07) is 0.221. The maximum atomic E-state index is 11.0. The smallest absolute Gasteiger partial charge is 0.288 e. The van der Waals surface area contributed by atoms with E-state index in [1.807, 2.05) is 0 Å². The molecule has 1 heterocycles. The van der Waals surface area contributed by atoms with Gasteiger partial charge in [0, 0.05) is 0 Å². The third-order valence-electron chi connectivity index (χ3n) is 3.67. The van der Waals surface area contributed by atoms with Crippen LogP contribution in [-0.2, 0) is 9.59 Å². The lowest BCUT2D eigenvalue weighted by molar-refractivity contribution is -0.135. The van der Waals surface area contributed by atoms with E-state index < -0.39 is 11.8 Å². The first-order valence-corrected chi connectivity index (χ1v) is 5.82. The van der Waals surface area contributed by atoms with Crippen LogP contribution in [0.5, 0.6) is 0 Å². The lowest BCUT2D eigenvalue weighted by Crippen LogP contribution is -2.29. The van der Waals surface area contributed by atoms with Crippen LogP contribution in [0.1, 0.15) is 33.1 Å². The molecule has 5 nitrogen and oxygen atoms in total. The monoisotopic (exact) mass is 223 g/mol. The van der Waals surface area contributed by atoms with Gasteiger partial charge < -0.3 is 0 Å². The van der Waals surface area contributed by atoms with Crippen molar-refractivity contribution in [3.05, 3.63) is 0 Å². The van der Waals surface area contributed by atoms with Gasteiger partial charge in [0.05, 0.1) is 6.04 Å². The normalized spacial score (nSPS) is 33.9. The molecule has 16 heavy (non-hydrogen) atoms. The third kappa shape index (κ3) is 1.94. The molecule has 1 aliphatic carbocycles. The van der Waals surface area contributed by atoms with E-state index in [0.29, 0.717) is 17.8 Å². The predicted octanol–water partition coefficient (Wildman–Crippen LogP) is 0.413. The number of rotatable bonds is 2. The van der Waals surface area contributed by atoms with E-state index in [4.69, 9.17) is 0 Å². The van der Waals surface area contributed by atoms with E-state index in [1.54, 1.807) is 0 Å². The average Bonchev–Trinajstić information content (AvgIpc) is 2.74. The molecule has 0 spiro atoms. The summed E-state index contributed by atoms with van der Waals surface area (Å²) in [5.74, 6) is 0.325. The average molecular weight is 223 g/mol. The summed E-state index contributed by atoms with van der Waals surface area (Å²) in [5.41, 5.74) is 0. The quantitative estimate of drug-likeness (QED) is 0.666. The van der Waals surface area contributed by atoms with Gasteiger partial charge in [0.2, 0.25) is 5.96 Å². The van der Waals surface area contributed by atoms with Crippen LogP contribution >= 0.6 is 0 Å². The van der Waals surface area contributed by atoms with Gasteiger partial charge in [0.25, 0.3) is 0 Å². The molecule has 1 saturated heterocycles. The van der Waals surface area contributed by atoms with Gasteiger partial charge in [-0.3, -0.25) is 20.2 Å². The molecule has 2 N–H and O–H groups in total. The van der Waals surface area contributed by atoms with Crippen LogP contribution in [-0.4, -0.2) is 23.8 Å². The third-order valence-corrected chi connectivity index (χ3v) is 3.67. The molecule has 88 valence electrons. The number of guanidine groups is 1. The van der Waals surface area contributed by atoms with Crippen LogP contribution in [0.15, 0.2) is 4.99 Å². The van der Waals surface area contributed by atoms with Crippen molar-refractivity contribution in [3.63, 3.8) is 0 Å². The number of nitrogens with one attached hydrogen (secondary N) is 2. The Balaban J connectivity index is 2.03. The highest BCUT2D eigenvalue weighted by Crippen LogP contribution is 2.35. The Morgan fingerprint density at radius 3 is 2.38 bits per heavy atom. The highest BCUT2D eigenvalue weighted by molar-refractivity contribution is 6.45. The van der Waals surface area contributed by atoms with E-state index in [9.17, 15) is 9.59 Å². The van der Waals surface area contributed by atoms with Gasteiger partial charge in [-0.1, -0.05) is 20.3 Å². The van der Waals surface area contributed by atoms with Crippen LogP contribution in [0, 0.1) is 11.8 Å². The minimum Gasteiger partial charge on any atom is -0.288 e. The Hall–Kier alpha value is -1.39. The number of aliphatic imine (C=N–C) groups is 1. The molecule has 0 aromatic carbocycles. The first-order chi connectivity index (χ1) is 7.61. The number of carbonyl (C=O) groups is 2. The van der Waals surface area contributed by atoms with Gasteiger partial charge in [-0.2, -0.15) is 0 Å². The van der Waals surface area contributed by atoms with Crippen LogP contribution in [0.2, 0.25) is 0 Å². The highest BCUT2D eigenvalue weighted by Gasteiger charge is 2.33. The molecule has 0 aromatic heterocycles. The number of nitrogens with zero attached hydrogens (tertiary/aromatic N) is 1. The van der Waals surface area contributed by atoms with Crippen LogP contribution < -0.4 is 10.6 Å². The summed E-state index contributed by atoms with van der Waals surface area (Å²) in [6.07, 6.45) is 3.39. The molecule has 5 heteroatoms. The van der Waals surface area contributed by atoms with Crippen molar-refractivity contribution >= 4 is 17.8 Å². The molecule has 0 aromatic rings. The fraction of sp³-hybridized carbons (Fsp3) is 0.727. The van der Waals surface area contributed by atoms with Crippen LogP contribution in [0.4, 0.5) is 0 Å². The van der Waals surface area contributed by atoms with Crippen molar-refractivity contribution in [2.75, 3.05) is 0 Å². The topological polar surface area (TPSA) is 70.6 Å². The van der Waals surface area contributed by atoms with Gasteiger partial charge in [-0.05, 0) is 24.7 Å². The second-order valence-electron chi connectivity index (χ2n) is 4.56. The summed E-state index contributed by atoms with van der Waals surface area (Å²) >= 11 is 0. The Labute approximate surface area is 94.7 Å². The fourth-order valence-electron chi connectivity index (χ4n) is 2.57. The second kappa shape index (κ2) is 4.23. The summed E-state index contributed by atoms with van der Waals surface area (Å²) < 4.78 is 0. The zero-order valence-corrected chi connectivity index (χ0v) is 9.62. The highest BCUT2D eigenvalue weighted by atomic mass is 16.2. The zero-order chi connectivity index (χ0) is 11.7. The molecule has 2 fully saturated rings. The van der Waals surface area contributed by atoms with Crippen molar-refractivity contribution in [1.29, 1.82) is 0 Å². The largest absolute Gasteiger partial charge is 0.316 e. The Morgan fingerprint density at radius 2 is 1.88 bits per heavy atom. The van der Waals surface area contributed by atoms with E-state index >= 15 is 0 Å². The van der Waals surface area contributed by atoms with Crippen molar-refractivity contribution < 1.29 is 9.59 Å². The predicted molar refractivity (Wildman–Crippen MR) is 59.7 cm³/mol.